The van der Waals surface area contributed by atoms with Crippen LogP contribution < -0.4 is 0 Å². The lowest BCUT2D eigenvalue weighted by Crippen LogP contribution is -2.43. The summed E-state index contributed by atoms with van der Waals surface area (Å²) in [5, 5.41) is 13.3. The van der Waals surface area contributed by atoms with Crippen molar-refractivity contribution >= 4 is 5.97 Å². The molecule has 5 nitrogen and oxygen atoms in total. The molecule has 0 spiro atoms. The van der Waals surface area contributed by atoms with E-state index in [9.17, 15) is 9.90 Å². The van der Waals surface area contributed by atoms with Gasteiger partial charge in [-0.1, -0.05) is 13.8 Å². The van der Waals surface area contributed by atoms with Crippen LogP contribution in [0.5, 0.6) is 0 Å². The molecule has 5 heteroatoms. The molecule has 0 aliphatic heterocycles. The molecule has 0 aromatic carbocycles. The third-order valence-electron chi connectivity index (χ3n) is 2.66. The summed E-state index contributed by atoms with van der Waals surface area (Å²) < 4.78 is 6.40. The van der Waals surface area contributed by atoms with Crippen LogP contribution in [-0.4, -0.2) is 34.6 Å². The van der Waals surface area contributed by atoms with Gasteiger partial charge in [-0.15, -0.1) is 0 Å². The molecule has 16 heavy (non-hydrogen) atoms. The molecule has 1 N–H and O–H groups in total. The highest BCUT2D eigenvalue weighted by Gasteiger charge is 2.36. The number of ether oxygens (including phenoxy) is 1. The Hall–Kier alpha value is -1.36. The van der Waals surface area contributed by atoms with Crippen molar-refractivity contribution in [2.75, 3.05) is 13.7 Å². The fourth-order valence-corrected chi connectivity index (χ4v) is 1.41. The van der Waals surface area contributed by atoms with Crippen molar-refractivity contribution in [3.63, 3.8) is 0 Å². The summed E-state index contributed by atoms with van der Waals surface area (Å²) in [6, 6.07) is 0. The van der Waals surface area contributed by atoms with Crippen molar-refractivity contribution in [1.82, 2.24) is 9.78 Å². The molecule has 1 unspecified atom stereocenters. The molecule has 1 atom stereocenters. The highest BCUT2D eigenvalue weighted by molar-refractivity contribution is 5.76. The number of hydrogen-bond acceptors (Lipinski definition) is 3. The molecular formula is C11H18N2O3. The van der Waals surface area contributed by atoms with Crippen LogP contribution in [0, 0.1) is 0 Å². The molecule has 90 valence electrons. The highest BCUT2D eigenvalue weighted by atomic mass is 16.5. The fourth-order valence-electron chi connectivity index (χ4n) is 1.41. The monoisotopic (exact) mass is 226 g/mol. The standard InChI is InChI=1S/C11H18N2O3/c1-8(2)9-5-12-13(6-9)11(3,7-16-4)10(14)15/h5-6,8H,7H2,1-4H3,(H,14,15). The van der Waals surface area contributed by atoms with Crippen molar-refractivity contribution in [1.29, 1.82) is 0 Å². The van der Waals surface area contributed by atoms with Gasteiger partial charge in [-0.3, -0.25) is 4.68 Å². The maximum atomic E-state index is 11.2. The van der Waals surface area contributed by atoms with Crippen LogP contribution in [0.3, 0.4) is 0 Å². The number of aliphatic carboxylic acids is 1. The largest absolute Gasteiger partial charge is 0.479 e. The van der Waals surface area contributed by atoms with E-state index >= 15 is 0 Å². The number of hydrogen-bond donors (Lipinski definition) is 1. The van der Waals surface area contributed by atoms with E-state index in [2.05, 4.69) is 5.10 Å². The molecule has 0 radical (unpaired) electrons. The summed E-state index contributed by atoms with van der Waals surface area (Å²) in [5.41, 5.74) is -0.134. The Bertz CT molecular complexity index is 373. The smallest absolute Gasteiger partial charge is 0.333 e. The van der Waals surface area contributed by atoms with Gasteiger partial charge in [-0.25, -0.2) is 4.79 Å². The van der Waals surface area contributed by atoms with Gasteiger partial charge in [0.25, 0.3) is 0 Å². The second kappa shape index (κ2) is 4.65. The van der Waals surface area contributed by atoms with Crippen molar-refractivity contribution in [2.45, 2.75) is 32.2 Å². The Morgan fingerprint density at radius 1 is 1.69 bits per heavy atom. The van der Waals surface area contributed by atoms with Gasteiger partial charge in [0, 0.05) is 13.3 Å². The normalized spacial score (nSPS) is 15.1. The van der Waals surface area contributed by atoms with E-state index in [1.807, 2.05) is 13.8 Å². The molecule has 0 aliphatic carbocycles. The van der Waals surface area contributed by atoms with Gasteiger partial charge in [-0.05, 0) is 18.4 Å². The van der Waals surface area contributed by atoms with Crippen molar-refractivity contribution in [3.8, 4) is 0 Å². The predicted octanol–water partition coefficient (Wildman–Crippen LogP) is 1.45. The molecule has 0 saturated heterocycles. The number of aromatic nitrogens is 2. The zero-order chi connectivity index (χ0) is 12.3. The predicted molar refractivity (Wildman–Crippen MR) is 59.5 cm³/mol. The van der Waals surface area contributed by atoms with E-state index in [0.717, 1.165) is 5.56 Å². The Labute approximate surface area is 95.0 Å². The van der Waals surface area contributed by atoms with Gasteiger partial charge in [-0.2, -0.15) is 5.10 Å². The van der Waals surface area contributed by atoms with Gasteiger partial charge in [0.2, 0.25) is 0 Å². The maximum Gasteiger partial charge on any atom is 0.333 e. The van der Waals surface area contributed by atoms with Crippen molar-refractivity contribution < 1.29 is 14.6 Å². The Kier molecular flexibility index (Phi) is 3.70. The summed E-state index contributed by atoms with van der Waals surface area (Å²) in [4.78, 5) is 11.2. The van der Waals surface area contributed by atoms with E-state index < -0.39 is 11.5 Å². The van der Waals surface area contributed by atoms with E-state index in [4.69, 9.17) is 4.74 Å². The maximum absolute atomic E-state index is 11.2. The SMILES string of the molecule is COCC(C)(C(=O)O)n1cc(C(C)C)cn1. The number of nitrogens with zero attached hydrogens (tertiary/aromatic N) is 2. The Morgan fingerprint density at radius 2 is 2.31 bits per heavy atom. The quantitative estimate of drug-likeness (QED) is 0.825. The summed E-state index contributed by atoms with van der Waals surface area (Å²) in [5.74, 6) is -0.623. The molecule has 0 saturated carbocycles. The van der Waals surface area contributed by atoms with Crippen molar-refractivity contribution in [2.24, 2.45) is 0 Å². The van der Waals surface area contributed by atoms with Gasteiger partial charge in [0.15, 0.2) is 5.54 Å². The third-order valence-corrected chi connectivity index (χ3v) is 2.66. The zero-order valence-corrected chi connectivity index (χ0v) is 10.1. The minimum Gasteiger partial charge on any atom is -0.479 e. The number of carboxylic acid groups (broad SMARTS) is 1. The molecular weight excluding hydrogens is 208 g/mol. The number of methoxy groups -OCH3 is 1. The van der Waals surface area contributed by atoms with E-state index in [0.29, 0.717) is 5.92 Å². The summed E-state index contributed by atoms with van der Waals surface area (Å²) in [6.07, 6.45) is 3.46. The molecule has 1 aromatic heterocycles. The molecule has 0 amide bonds. The zero-order valence-electron chi connectivity index (χ0n) is 10.1. The second-order valence-corrected chi connectivity index (χ2v) is 4.38. The second-order valence-electron chi connectivity index (χ2n) is 4.38. The molecule has 1 rings (SSSR count). The van der Waals surface area contributed by atoms with Gasteiger partial charge in [0.05, 0.1) is 12.8 Å². The van der Waals surface area contributed by atoms with Crippen LogP contribution in [0.15, 0.2) is 12.4 Å². The lowest BCUT2D eigenvalue weighted by Gasteiger charge is -2.24. The Morgan fingerprint density at radius 3 is 2.69 bits per heavy atom. The van der Waals surface area contributed by atoms with Crippen LogP contribution in [0.1, 0.15) is 32.3 Å². The minimum absolute atomic E-state index is 0.0849. The topological polar surface area (TPSA) is 64.3 Å². The number of rotatable bonds is 5. The van der Waals surface area contributed by atoms with Crippen LogP contribution >= 0.6 is 0 Å². The minimum atomic E-state index is -1.15. The van der Waals surface area contributed by atoms with E-state index in [-0.39, 0.29) is 6.61 Å². The first-order valence-electron chi connectivity index (χ1n) is 5.19. The molecule has 0 bridgehead atoms. The lowest BCUT2D eigenvalue weighted by atomic mass is 10.0. The average Bonchev–Trinajstić information content (AvgIpc) is 2.66. The number of carbonyl (C=O) groups is 1. The summed E-state index contributed by atoms with van der Waals surface area (Å²) in [7, 11) is 1.48. The number of carboxylic acids is 1. The van der Waals surface area contributed by atoms with Gasteiger partial charge < -0.3 is 9.84 Å². The van der Waals surface area contributed by atoms with Gasteiger partial charge in [0.1, 0.15) is 0 Å². The summed E-state index contributed by atoms with van der Waals surface area (Å²) >= 11 is 0. The van der Waals surface area contributed by atoms with Crippen molar-refractivity contribution in [3.05, 3.63) is 18.0 Å². The van der Waals surface area contributed by atoms with E-state index in [1.165, 1.54) is 11.8 Å². The lowest BCUT2D eigenvalue weighted by molar-refractivity contribution is -0.150. The fraction of sp³-hybridized carbons (Fsp3) is 0.636. The van der Waals surface area contributed by atoms with Crippen LogP contribution in [-0.2, 0) is 15.1 Å². The molecule has 1 aromatic rings. The molecule has 0 fully saturated rings. The van der Waals surface area contributed by atoms with Crippen LogP contribution in [0.25, 0.3) is 0 Å². The van der Waals surface area contributed by atoms with Crippen LogP contribution in [0.4, 0.5) is 0 Å². The summed E-state index contributed by atoms with van der Waals surface area (Å²) in [6.45, 7) is 5.75. The third kappa shape index (κ3) is 2.24. The molecule has 1 heterocycles. The first-order valence-corrected chi connectivity index (χ1v) is 5.19. The Balaban J connectivity index is 3.06. The van der Waals surface area contributed by atoms with E-state index in [1.54, 1.807) is 19.3 Å². The van der Waals surface area contributed by atoms with Crippen LogP contribution in [0.2, 0.25) is 0 Å². The first-order chi connectivity index (χ1) is 7.41. The average molecular weight is 226 g/mol. The highest BCUT2D eigenvalue weighted by Crippen LogP contribution is 2.20. The first kappa shape index (κ1) is 12.7. The molecule has 0 aliphatic rings. The van der Waals surface area contributed by atoms with Gasteiger partial charge >= 0.3 is 5.97 Å².